The molecule has 178 valence electrons. The molecule has 36 heavy (non-hydrogen) atoms. The van der Waals surface area contributed by atoms with Crippen LogP contribution < -0.4 is 4.67 Å². The third kappa shape index (κ3) is 3.20. The van der Waals surface area contributed by atoms with Crippen LogP contribution in [0.25, 0.3) is 43.5 Å². The Morgan fingerprint density at radius 1 is 0.722 bits per heavy atom. The summed E-state index contributed by atoms with van der Waals surface area (Å²) in [6, 6.07) is 30.8. The van der Waals surface area contributed by atoms with E-state index < -0.39 is 8.16 Å². The van der Waals surface area contributed by atoms with Crippen LogP contribution in [0.15, 0.2) is 93.3 Å². The average molecular weight is 490 g/mol. The number of benzene rings is 5. The molecule has 0 aliphatic carbocycles. The van der Waals surface area contributed by atoms with E-state index in [1.54, 1.807) is 0 Å². The number of aryl methyl sites for hydroxylation is 3. The van der Waals surface area contributed by atoms with Crippen molar-refractivity contribution in [3.05, 3.63) is 102 Å². The Morgan fingerprint density at radius 2 is 1.25 bits per heavy atom. The van der Waals surface area contributed by atoms with Crippen LogP contribution in [0.1, 0.15) is 30.0 Å². The van der Waals surface area contributed by atoms with Gasteiger partial charge >= 0.3 is 8.16 Å². The highest BCUT2D eigenvalue weighted by molar-refractivity contribution is 7.39. The van der Waals surface area contributed by atoms with Gasteiger partial charge in [-0.25, -0.2) is 0 Å². The van der Waals surface area contributed by atoms with Gasteiger partial charge in [0.25, 0.3) is 0 Å². The van der Waals surface area contributed by atoms with Crippen molar-refractivity contribution in [3.63, 3.8) is 0 Å². The molecule has 0 N–H and O–H groups in total. The van der Waals surface area contributed by atoms with E-state index in [2.05, 4.69) is 110 Å². The van der Waals surface area contributed by atoms with Gasteiger partial charge in [-0.1, -0.05) is 66.7 Å². The van der Waals surface area contributed by atoms with Crippen LogP contribution in [0.2, 0.25) is 0 Å². The lowest BCUT2D eigenvalue weighted by Gasteiger charge is -2.33. The number of anilines is 1. The summed E-state index contributed by atoms with van der Waals surface area (Å²) in [5.74, 6) is 0. The molecule has 0 fully saturated rings. The van der Waals surface area contributed by atoms with Crippen LogP contribution in [-0.4, -0.2) is 6.04 Å². The first-order valence-electron chi connectivity index (χ1n) is 12.7. The normalized spacial score (nSPS) is 15.6. The van der Waals surface area contributed by atoms with Gasteiger partial charge in [-0.2, -0.15) is 0 Å². The maximum absolute atomic E-state index is 7.02. The molecule has 0 unspecified atom stereocenters. The van der Waals surface area contributed by atoms with Gasteiger partial charge in [0.1, 0.15) is 11.2 Å². The highest BCUT2D eigenvalue weighted by Crippen LogP contribution is 2.48. The third-order valence-corrected chi connectivity index (χ3v) is 9.27. The van der Waals surface area contributed by atoms with E-state index >= 15 is 0 Å². The smallest absolute Gasteiger partial charge is 0.341 e. The van der Waals surface area contributed by atoms with Crippen LogP contribution >= 0.6 is 8.16 Å². The molecule has 6 aromatic rings. The van der Waals surface area contributed by atoms with Gasteiger partial charge in [-0.05, 0) is 90.0 Å². The van der Waals surface area contributed by atoms with Crippen LogP contribution in [0.5, 0.6) is 0 Å². The van der Waals surface area contributed by atoms with Crippen molar-refractivity contribution < 1.29 is 8.39 Å². The minimum absolute atomic E-state index is 0.317. The van der Waals surface area contributed by atoms with Crippen LogP contribution in [0, 0.1) is 13.8 Å². The second-order valence-corrected chi connectivity index (χ2v) is 11.3. The Labute approximate surface area is 211 Å². The molecule has 4 heteroatoms. The van der Waals surface area contributed by atoms with Gasteiger partial charge in [0.15, 0.2) is 0 Å². The Balaban J connectivity index is 1.73. The summed E-state index contributed by atoms with van der Waals surface area (Å²) in [5.41, 5.74) is 6.73. The second-order valence-electron chi connectivity index (χ2n) is 10.0. The molecular formula is C32H28NO2P. The summed E-state index contributed by atoms with van der Waals surface area (Å²) in [6.07, 6.45) is 2.16. The summed E-state index contributed by atoms with van der Waals surface area (Å²) in [4.78, 5) is 0. The number of hydrogen-bond donors (Lipinski definition) is 0. The molecule has 1 aliphatic rings. The van der Waals surface area contributed by atoms with Gasteiger partial charge in [0.2, 0.25) is 0 Å². The van der Waals surface area contributed by atoms with Gasteiger partial charge in [-0.3, -0.25) is 4.67 Å². The van der Waals surface area contributed by atoms with E-state index in [-0.39, 0.29) is 0 Å². The summed E-state index contributed by atoms with van der Waals surface area (Å²) < 4.78 is 16.4. The van der Waals surface area contributed by atoms with Crippen molar-refractivity contribution in [2.75, 3.05) is 4.67 Å². The zero-order valence-corrected chi connectivity index (χ0v) is 21.7. The first-order chi connectivity index (χ1) is 17.6. The molecule has 0 saturated heterocycles. The monoisotopic (exact) mass is 489 g/mol. The Kier molecular flexibility index (Phi) is 4.91. The average Bonchev–Trinajstić information content (AvgIpc) is 3.08. The largest absolute Gasteiger partial charge is 0.403 e. The van der Waals surface area contributed by atoms with Crippen molar-refractivity contribution in [2.45, 2.75) is 39.7 Å². The SMILES string of the molecule is Cc1cc2ccccc2c2c1op(N1c3ccccc3CC[C@@H]1C)oc1c(C)cc3ccccc3c12. The molecule has 1 aliphatic heterocycles. The first kappa shape index (κ1) is 21.6. The van der Waals surface area contributed by atoms with Crippen molar-refractivity contribution in [2.24, 2.45) is 0 Å². The molecule has 0 spiro atoms. The fourth-order valence-electron chi connectivity index (χ4n) is 5.85. The quantitative estimate of drug-likeness (QED) is 0.230. The molecular weight excluding hydrogens is 461 g/mol. The summed E-state index contributed by atoms with van der Waals surface area (Å²) >= 11 is 0. The molecule has 0 bridgehead atoms. The van der Waals surface area contributed by atoms with Gasteiger partial charge in [0.05, 0.1) is 5.69 Å². The molecule has 7 rings (SSSR count). The fourth-order valence-corrected chi connectivity index (χ4v) is 7.66. The number of hydrogen-bond acceptors (Lipinski definition) is 3. The number of para-hydroxylation sites is 1. The number of fused-ring (bicyclic) bond motifs is 8. The lowest BCUT2D eigenvalue weighted by atomic mass is 9.95. The van der Waals surface area contributed by atoms with Crippen LogP contribution in [0.3, 0.4) is 0 Å². The summed E-state index contributed by atoms with van der Waals surface area (Å²) in [5, 5.41) is 7.12. The molecule has 1 atom stereocenters. The van der Waals surface area contributed by atoms with Crippen LogP contribution in [0.4, 0.5) is 5.69 Å². The molecule has 1 aromatic heterocycles. The third-order valence-electron chi connectivity index (χ3n) is 7.63. The Bertz CT molecular complexity index is 1750. The second kappa shape index (κ2) is 8.18. The minimum Gasteiger partial charge on any atom is -0.403 e. The van der Waals surface area contributed by atoms with Gasteiger partial charge in [-0.15, -0.1) is 0 Å². The van der Waals surface area contributed by atoms with Gasteiger partial charge in [0, 0.05) is 16.8 Å². The minimum atomic E-state index is -1.43. The predicted molar refractivity (Wildman–Crippen MR) is 153 cm³/mol. The molecule has 0 saturated carbocycles. The van der Waals surface area contributed by atoms with Crippen molar-refractivity contribution in [1.82, 2.24) is 0 Å². The lowest BCUT2D eigenvalue weighted by molar-refractivity contribution is 0.583. The van der Waals surface area contributed by atoms with Crippen molar-refractivity contribution >= 4 is 57.3 Å². The van der Waals surface area contributed by atoms with Gasteiger partial charge < -0.3 is 8.39 Å². The standard InChI is InChI=1S/C32H28NO2P/c1-20-18-24-11-4-7-13-26(24)29-30-27-14-8-5-12-25(27)19-21(2)32(30)35-36(34-31(20)29)33-22(3)16-17-23-10-6-9-15-28(23)33/h4-15,18-19,22H,16-17H2,1-3H3/t22-/m0/s1. The molecule has 0 radical (unpaired) electrons. The number of nitrogens with zero attached hydrogens (tertiary/aromatic N) is 1. The number of rotatable bonds is 1. The van der Waals surface area contributed by atoms with E-state index in [1.165, 1.54) is 32.8 Å². The zero-order chi connectivity index (χ0) is 24.4. The van der Waals surface area contributed by atoms with E-state index in [1.807, 2.05) is 0 Å². The zero-order valence-electron chi connectivity index (χ0n) is 20.8. The first-order valence-corrected chi connectivity index (χ1v) is 13.8. The van der Waals surface area contributed by atoms with E-state index in [4.69, 9.17) is 8.39 Å². The molecule has 3 nitrogen and oxygen atoms in total. The van der Waals surface area contributed by atoms with Crippen LogP contribution in [-0.2, 0) is 6.42 Å². The predicted octanol–water partition coefficient (Wildman–Crippen LogP) is 9.82. The van der Waals surface area contributed by atoms with E-state index in [0.29, 0.717) is 6.04 Å². The lowest BCUT2D eigenvalue weighted by Crippen LogP contribution is -2.30. The molecule has 0 amide bonds. The van der Waals surface area contributed by atoms with Crippen molar-refractivity contribution in [3.8, 4) is 0 Å². The van der Waals surface area contributed by atoms with Crippen molar-refractivity contribution in [1.29, 1.82) is 0 Å². The molecule has 2 heterocycles. The maximum Gasteiger partial charge on any atom is 0.341 e. The Hall–Kier alpha value is -3.68. The maximum atomic E-state index is 7.02. The topological polar surface area (TPSA) is 29.5 Å². The summed E-state index contributed by atoms with van der Waals surface area (Å²) in [6.45, 7) is 6.61. The highest BCUT2D eigenvalue weighted by Gasteiger charge is 2.28. The summed E-state index contributed by atoms with van der Waals surface area (Å²) in [7, 11) is -1.43. The Morgan fingerprint density at radius 3 is 1.86 bits per heavy atom. The van der Waals surface area contributed by atoms with E-state index in [9.17, 15) is 0 Å². The fraction of sp³-hybridized carbons (Fsp3) is 0.188. The highest BCUT2D eigenvalue weighted by atomic mass is 31.1. The molecule has 5 aromatic carbocycles. The van der Waals surface area contributed by atoms with E-state index in [0.717, 1.165) is 45.9 Å².